The van der Waals surface area contributed by atoms with Crippen LogP contribution in [-0.2, 0) is 6.42 Å². The maximum absolute atomic E-state index is 12.3. The number of ether oxygens (including phenoxy) is 3. The maximum Gasteiger partial charge on any atom is 0.275 e. The van der Waals surface area contributed by atoms with E-state index in [1.165, 1.54) is 32.7 Å². The van der Waals surface area contributed by atoms with Crippen molar-refractivity contribution in [3.63, 3.8) is 0 Å². The molecule has 7 nitrogen and oxygen atoms in total. The van der Waals surface area contributed by atoms with Crippen LogP contribution in [0.3, 0.4) is 0 Å². The quantitative estimate of drug-likeness (QED) is 0.773. The van der Waals surface area contributed by atoms with Crippen molar-refractivity contribution in [1.82, 2.24) is 4.98 Å². The van der Waals surface area contributed by atoms with Crippen LogP contribution < -0.4 is 25.3 Å². The Morgan fingerprint density at radius 2 is 1.79 bits per heavy atom. The zero-order valence-corrected chi connectivity index (χ0v) is 15.3. The monoisotopic (exact) mass is 373 g/mol. The van der Waals surface area contributed by atoms with Crippen LogP contribution in [-0.4, -0.2) is 38.8 Å². The van der Waals surface area contributed by atoms with E-state index < -0.39 is 0 Å². The Morgan fingerprint density at radius 3 is 2.38 bits per heavy atom. The summed E-state index contributed by atoms with van der Waals surface area (Å²) in [5.41, 5.74) is 6.31. The van der Waals surface area contributed by atoms with Crippen molar-refractivity contribution in [3.8, 4) is 17.2 Å². The van der Waals surface area contributed by atoms with Gasteiger partial charge < -0.3 is 25.3 Å². The van der Waals surface area contributed by atoms with Gasteiger partial charge in [0.15, 0.2) is 11.5 Å². The highest BCUT2D eigenvalue weighted by atomic mass is 35.5. The highest BCUT2D eigenvalue weighted by molar-refractivity contribution is 7.09. The second kappa shape index (κ2) is 9.31. The summed E-state index contributed by atoms with van der Waals surface area (Å²) < 4.78 is 15.7. The lowest BCUT2D eigenvalue weighted by Crippen LogP contribution is -2.14. The Balaban J connectivity index is 0.00000288. The molecule has 0 fully saturated rings. The molecule has 9 heteroatoms. The topological polar surface area (TPSA) is 95.7 Å². The number of rotatable bonds is 7. The van der Waals surface area contributed by atoms with Crippen molar-refractivity contribution in [2.45, 2.75) is 6.42 Å². The van der Waals surface area contributed by atoms with Crippen LogP contribution in [0.5, 0.6) is 17.2 Å². The third-order valence-electron chi connectivity index (χ3n) is 3.10. The summed E-state index contributed by atoms with van der Waals surface area (Å²) in [6, 6.07) is 3.29. The molecule has 0 radical (unpaired) electrons. The van der Waals surface area contributed by atoms with Crippen LogP contribution >= 0.6 is 23.7 Å². The second-order valence-corrected chi connectivity index (χ2v) is 5.47. The van der Waals surface area contributed by atoms with Crippen LogP contribution in [0, 0.1) is 0 Å². The first-order valence-electron chi connectivity index (χ1n) is 6.88. The van der Waals surface area contributed by atoms with Gasteiger partial charge in [0, 0.05) is 23.9 Å². The normalized spacial score (nSPS) is 9.83. The lowest BCUT2D eigenvalue weighted by molar-refractivity contribution is 0.102. The lowest BCUT2D eigenvalue weighted by atomic mass is 10.2. The van der Waals surface area contributed by atoms with Crippen molar-refractivity contribution >= 4 is 35.3 Å². The van der Waals surface area contributed by atoms with Crippen molar-refractivity contribution in [3.05, 3.63) is 28.2 Å². The number of thiazole rings is 1. The number of halogens is 1. The molecule has 132 valence electrons. The summed E-state index contributed by atoms with van der Waals surface area (Å²) in [6.45, 7) is 0.498. The lowest BCUT2D eigenvalue weighted by Gasteiger charge is -2.14. The van der Waals surface area contributed by atoms with Gasteiger partial charge in [-0.25, -0.2) is 4.98 Å². The van der Waals surface area contributed by atoms with Crippen LogP contribution in [0.1, 0.15) is 15.5 Å². The molecular formula is C15H20ClN3O4S. The summed E-state index contributed by atoms with van der Waals surface area (Å²) in [7, 11) is 4.57. The first-order chi connectivity index (χ1) is 11.1. The number of hydrogen-bond acceptors (Lipinski definition) is 7. The molecule has 2 aromatic rings. The van der Waals surface area contributed by atoms with E-state index in [4.69, 9.17) is 19.9 Å². The zero-order valence-electron chi connectivity index (χ0n) is 13.6. The number of nitrogens with zero attached hydrogens (tertiary/aromatic N) is 1. The highest BCUT2D eigenvalue weighted by Gasteiger charge is 2.16. The molecule has 0 aliphatic rings. The minimum absolute atomic E-state index is 0. The van der Waals surface area contributed by atoms with E-state index in [-0.39, 0.29) is 18.3 Å². The summed E-state index contributed by atoms with van der Waals surface area (Å²) in [5, 5.41) is 5.31. The van der Waals surface area contributed by atoms with E-state index >= 15 is 0 Å². The van der Waals surface area contributed by atoms with Gasteiger partial charge >= 0.3 is 0 Å². The predicted molar refractivity (Wildman–Crippen MR) is 96.2 cm³/mol. The Labute approximate surface area is 150 Å². The molecule has 1 aromatic heterocycles. The SMILES string of the molecule is COc1cc(OC)c(OC)cc1NC(=O)c1csc(CCN)n1.Cl. The van der Waals surface area contributed by atoms with Crippen LogP contribution in [0.4, 0.5) is 5.69 Å². The fourth-order valence-corrected chi connectivity index (χ4v) is 2.76. The number of benzene rings is 1. The number of nitrogens with one attached hydrogen (secondary N) is 1. The number of anilines is 1. The van der Waals surface area contributed by atoms with Gasteiger partial charge in [0.25, 0.3) is 5.91 Å². The Kier molecular flexibility index (Phi) is 7.76. The van der Waals surface area contributed by atoms with Gasteiger partial charge in [-0.1, -0.05) is 0 Å². The number of amides is 1. The standard InChI is InChI=1S/C15H19N3O4S.ClH/c1-20-11-7-13(22-3)12(21-2)6-9(11)18-15(19)10-8-23-14(17-10)4-5-16;/h6-8H,4-5,16H2,1-3H3,(H,18,19);1H. The highest BCUT2D eigenvalue weighted by Crippen LogP contribution is 2.37. The molecule has 3 N–H and O–H groups in total. The first kappa shape index (κ1) is 20.0. The summed E-state index contributed by atoms with van der Waals surface area (Å²) in [4.78, 5) is 16.6. The summed E-state index contributed by atoms with van der Waals surface area (Å²) in [6.07, 6.45) is 0.650. The van der Waals surface area contributed by atoms with E-state index in [9.17, 15) is 4.79 Å². The van der Waals surface area contributed by atoms with E-state index in [2.05, 4.69) is 10.3 Å². The molecule has 0 atom stereocenters. The molecule has 1 amide bonds. The van der Waals surface area contributed by atoms with E-state index in [1.54, 1.807) is 17.5 Å². The Bertz CT molecular complexity index is 693. The molecule has 0 unspecified atom stereocenters. The Hall–Kier alpha value is -2.03. The van der Waals surface area contributed by atoms with Crippen LogP contribution in [0.2, 0.25) is 0 Å². The van der Waals surface area contributed by atoms with E-state index in [0.717, 1.165) is 5.01 Å². The predicted octanol–water partition coefficient (Wildman–Crippen LogP) is 2.34. The zero-order chi connectivity index (χ0) is 16.8. The average molecular weight is 374 g/mol. The number of hydrogen-bond donors (Lipinski definition) is 2. The minimum Gasteiger partial charge on any atom is -0.494 e. The van der Waals surface area contributed by atoms with Gasteiger partial charge in [-0.15, -0.1) is 23.7 Å². The summed E-state index contributed by atoms with van der Waals surface area (Å²) in [5.74, 6) is 1.15. The average Bonchev–Trinajstić information content (AvgIpc) is 3.03. The van der Waals surface area contributed by atoms with Crippen LogP contribution in [0.15, 0.2) is 17.5 Å². The second-order valence-electron chi connectivity index (χ2n) is 4.53. The smallest absolute Gasteiger partial charge is 0.275 e. The maximum atomic E-state index is 12.3. The first-order valence-corrected chi connectivity index (χ1v) is 7.76. The fourth-order valence-electron chi connectivity index (χ4n) is 1.97. The van der Waals surface area contributed by atoms with Crippen molar-refractivity contribution in [2.75, 3.05) is 33.2 Å². The van der Waals surface area contributed by atoms with Gasteiger partial charge in [0.2, 0.25) is 0 Å². The number of nitrogens with two attached hydrogens (primary N) is 1. The van der Waals surface area contributed by atoms with E-state index in [0.29, 0.717) is 41.6 Å². The number of carbonyl (C=O) groups is 1. The van der Waals surface area contributed by atoms with E-state index in [1.807, 2.05) is 0 Å². The van der Waals surface area contributed by atoms with Crippen LogP contribution in [0.25, 0.3) is 0 Å². The van der Waals surface area contributed by atoms with Crippen molar-refractivity contribution in [2.24, 2.45) is 5.73 Å². The Morgan fingerprint density at radius 1 is 1.17 bits per heavy atom. The van der Waals surface area contributed by atoms with Crippen molar-refractivity contribution in [1.29, 1.82) is 0 Å². The molecule has 24 heavy (non-hydrogen) atoms. The number of methoxy groups -OCH3 is 3. The number of carbonyl (C=O) groups excluding carboxylic acids is 1. The molecule has 0 aliphatic heterocycles. The van der Waals surface area contributed by atoms with Gasteiger partial charge in [0.1, 0.15) is 11.4 Å². The third-order valence-corrected chi connectivity index (χ3v) is 4.01. The molecule has 0 spiro atoms. The van der Waals surface area contributed by atoms with Gasteiger partial charge in [0.05, 0.1) is 32.0 Å². The molecule has 0 saturated carbocycles. The fraction of sp³-hybridized carbons (Fsp3) is 0.333. The van der Waals surface area contributed by atoms with Gasteiger partial charge in [-0.05, 0) is 6.54 Å². The minimum atomic E-state index is -0.324. The molecule has 0 saturated heterocycles. The van der Waals surface area contributed by atoms with Gasteiger partial charge in [-0.2, -0.15) is 0 Å². The third kappa shape index (κ3) is 4.50. The molecular weight excluding hydrogens is 354 g/mol. The molecule has 1 heterocycles. The molecule has 1 aromatic carbocycles. The molecule has 0 aliphatic carbocycles. The van der Waals surface area contributed by atoms with Crippen molar-refractivity contribution < 1.29 is 19.0 Å². The summed E-state index contributed by atoms with van der Waals surface area (Å²) >= 11 is 1.41. The van der Waals surface area contributed by atoms with Gasteiger partial charge in [-0.3, -0.25) is 4.79 Å². The molecule has 0 bridgehead atoms. The molecule has 2 rings (SSSR count). The number of aromatic nitrogens is 1. The largest absolute Gasteiger partial charge is 0.494 e.